The van der Waals surface area contributed by atoms with Crippen molar-refractivity contribution in [3.63, 3.8) is 0 Å². The van der Waals surface area contributed by atoms with Gasteiger partial charge in [-0.25, -0.2) is 0 Å². The summed E-state index contributed by atoms with van der Waals surface area (Å²) in [6.45, 7) is 9.03. The van der Waals surface area contributed by atoms with E-state index in [0.717, 1.165) is 5.82 Å². The fourth-order valence-corrected chi connectivity index (χ4v) is 0.633. The van der Waals surface area contributed by atoms with Crippen molar-refractivity contribution < 1.29 is 0 Å². The first-order valence-corrected chi connectivity index (χ1v) is 2.79. The maximum absolute atomic E-state index is 2.26. The molecule has 1 unspecified atom stereocenters. The zero-order chi connectivity index (χ0) is 5.49. The van der Waals surface area contributed by atoms with Gasteiger partial charge in [0.2, 0.25) is 0 Å². The molecule has 0 radical (unpaired) electrons. The summed E-state index contributed by atoms with van der Waals surface area (Å²) in [6, 6.07) is 0. The van der Waals surface area contributed by atoms with E-state index in [2.05, 4.69) is 33.7 Å². The van der Waals surface area contributed by atoms with Crippen LogP contribution in [0.25, 0.3) is 0 Å². The van der Waals surface area contributed by atoms with E-state index >= 15 is 0 Å². The topological polar surface area (TPSA) is 0 Å². The van der Waals surface area contributed by atoms with Crippen molar-refractivity contribution in [2.24, 2.45) is 5.41 Å². The van der Waals surface area contributed by atoms with Crippen LogP contribution in [0.4, 0.5) is 0 Å². The van der Waals surface area contributed by atoms with E-state index < -0.39 is 0 Å². The molecule has 1 rings (SSSR count). The third-order valence-electron chi connectivity index (χ3n) is 1.38. The third kappa shape index (κ3) is 1.15. The van der Waals surface area contributed by atoms with Crippen molar-refractivity contribution in [2.75, 3.05) is 0 Å². The Labute approximate surface area is 45.8 Å². The molecule has 0 fully saturated rings. The zero-order valence-corrected chi connectivity index (χ0v) is 5.23. The van der Waals surface area contributed by atoms with Gasteiger partial charge in [-0.05, 0) is 0 Å². The second kappa shape index (κ2) is 1.21. The molecule has 1 aliphatic rings. The summed E-state index contributed by atoms with van der Waals surface area (Å²) in [7, 11) is 0. The number of hydrogen-bond donors (Lipinski definition) is 0. The molecule has 1 atom stereocenters. The van der Waals surface area contributed by atoms with Crippen LogP contribution in [0.1, 0.15) is 20.8 Å². The molecule has 0 bridgehead atoms. The number of rotatable bonds is 0. The van der Waals surface area contributed by atoms with Crippen LogP contribution in [0, 0.1) is 5.41 Å². The molecule has 0 saturated carbocycles. The summed E-state index contributed by atoms with van der Waals surface area (Å²) in [5, 5.41) is 0. The molecular weight excluding hydrogens is 82.9 g/mol. The molecule has 0 amide bonds. The molecule has 0 aromatic carbocycles. The van der Waals surface area contributed by atoms with E-state index in [0.29, 0.717) is 5.41 Å². The van der Waals surface area contributed by atoms with Gasteiger partial charge in [-0.2, -0.15) is 0 Å². The molecule has 0 aliphatic carbocycles. The van der Waals surface area contributed by atoms with Crippen molar-refractivity contribution >= 4 is 12.9 Å². The Hall–Kier alpha value is -0.0651. The minimum absolute atomic E-state index is 0.500. The molecule has 0 aromatic rings. The Morgan fingerprint density at radius 2 is 1.86 bits per heavy atom. The van der Waals surface area contributed by atoms with Crippen LogP contribution in [0.15, 0.2) is 0 Å². The molecule has 38 valence electrons. The van der Waals surface area contributed by atoms with Crippen molar-refractivity contribution in [3.05, 3.63) is 0 Å². The Balaban J connectivity index is 2.38. The fraction of sp³-hybridized carbons (Fsp3) is 0.833. The minimum atomic E-state index is 0.500. The SMILES string of the molecule is CC(C)(C)C1B=C1. The van der Waals surface area contributed by atoms with Crippen molar-refractivity contribution in [1.29, 1.82) is 0 Å². The first-order valence-electron chi connectivity index (χ1n) is 2.79. The van der Waals surface area contributed by atoms with Crippen LogP contribution >= 0.6 is 0 Å². The second-order valence-electron chi connectivity index (χ2n) is 3.28. The molecule has 0 aromatic heterocycles. The summed E-state index contributed by atoms with van der Waals surface area (Å²) in [6.07, 6.45) is 0. The second-order valence-corrected chi connectivity index (χ2v) is 3.28. The summed E-state index contributed by atoms with van der Waals surface area (Å²) in [4.78, 5) is 0. The molecule has 0 nitrogen and oxygen atoms in total. The first kappa shape index (κ1) is 5.08. The van der Waals surface area contributed by atoms with Crippen LogP contribution in [-0.2, 0) is 0 Å². The van der Waals surface area contributed by atoms with Gasteiger partial charge in [0.15, 0.2) is 0 Å². The van der Waals surface area contributed by atoms with Gasteiger partial charge in [-0.1, -0.05) is 0 Å². The summed E-state index contributed by atoms with van der Waals surface area (Å²) >= 11 is 0. The van der Waals surface area contributed by atoms with Crippen LogP contribution in [0.3, 0.4) is 0 Å². The van der Waals surface area contributed by atoms with Gasteiger partial charge < -0.3 is 0 Å². The van der Waals surface area contributed by atoms with Crippen molar-refractivity contribution in [2.45, 2.75) is 26.6 Å². The molecule has 7 heavy (non-hydrogen) atoms. The van der Waals surface area contributed by atoms with E-state index in [-0.39, 0.29) is 0 Å². The van der Waals surface area contributed by atoms with Gasteiger partial charge in [0.05, 0.1) is 0 Å². The van der Waals surface area contributed by atoms with Crippen molar-refractivity contribution in [1.82, 2.24) is 0 Å². The molecule has 1 heteroatoms. The van der Waals surface area contributed by atoms with E-state index in [1.165, 1.54) is 0 Å². The van der Waals surface area contributed by atoms with Crippen molar-refractivity contribution in [3.8, 4) is 0 Å². The van der Waals surface area contributed by atoms with Gasteiger partial charge >= 0.3 is 44.9 Å². The van der Waals surface area contributed by atoms with Gasteiger partial charge in [-0.3, -0.25) is 0 Å². The van der Waals surface area contributed by atoms with Gasteiger partial charge in [0, 0.05) is 0 Å². The predicted molar refractivity (Wildman–Crippen MR) is 35.0 cm³/mol. The molecule has 0 N–H and O–H groups in total. The quantitative estimate of drug-likeness (QED) is 0.397. The monoisotopic (exact) mass is 94.1 g/mol. The standard InChI is InChI=1S/C6H11B/c1-6(2,3)5-4-7-5/h4-5H,1-3H3. The van der Waals surface area contributed by atoms with Crippen LogP contribution < -0.4 is 0 Å². The van der Waals surface area contributed by atoms with Crippen LogP contribution in [-0.4, -0.2) is 12.9 Å². The first-order chi connectivity index (χ1) is 3.11. The maximum atomic E-state index is 2.26. The molecule has 1 aliphatic heterocycles. The third-order valence-corrected chi connectivity index (χ3v) is 1.38. The number of hydrogen-bond acceptors (Lipinski definition) is 0. The van der Waals surface area contributed by atoms with Gasteiger partial charge in [0.25, 0.3) is 0 Å². The molecule has 1 heterocycles. The Bertz CT molecular complexity index is 91.2. The van der Waals surface area contributed by atoms with E-state index in [4.69, 9.17) is 0 Å². The zero-order valence-electron chi connectivity index (χ0n) is 5.23. The average molecular weight is 94.0 g/mol. The Morgan fingerprint density at radius 1 is 1.43 bits per heavy atom. The molecule has 0 saturated heterocycles. The van der Waals surface area contributed by atoms with Crippen LogP contribution in [0.2, 0.25) is 5.82 Å². The van der Waals surface area contributed by atoms with E-state index in [1.807, 2.05) is 0 Å². The Morgan fingerprint density at radius 3 is 1.86 bits per heavy atom. The molecule has 0 spiro atoms. The molecular formula is C6H11B. The summed E-state index contributed by atoms with van der Waals surface area (Å²) < 4.78 is 0. The Kier molecular flexibility index (Phi) is 0.877. The van der Waals surface area contributed by atoms with Gasteiger partial charge in [0.1, 0.15) is 0 Å². The van der Waals surface area contributed by atoms with E-state index in [1.54, 1.807) is 0 Å². The normalized spacial score (nSPS) is 27.0. The summed E-state index contributed by atoms with van der Waals surface area (Å²) in [5.41, 5.74) is 0.500. The van der Waals surface area contributed by atoms with Gasteiger partial charge in [-0.15, -0.1) is 0 Å². The summed E-state index contributed by atoms with van der Waals surface area (Å²) in [5.74, 6) is 3.05. The fourth-order valence-electron chi connectivity index (χ4n) is 0.633. The van der Waals surface area contributed by atoms with E-state index in [9.17, 15) is 0 Å². The van der Waals surface area contributed by atoms with Crippen LogP contribution in [0.5, 0.6) is 0 Å². The predicted octanol–water partition coefficient (Wildman–Crippen LogP) is 1.34. The average Bonchev–Trinajstić information content (AvgIpc) is 1.99.